The third kappa shape index (κ3) is 9.35. The molecule has 1 aliphatic carbocycles. The van der Waals surface area contributed by atoms with Crippen LogP contribution in [0.5, 0.6) is 0 Å². The standard InChI is InChI=1S/C33H61NO4SSi2/c1-24(2)30(22-37-40(11,12)32(5,6)7)34-39(36,28-20-18-25(3)19-21-28)23-27-16-15-17-29(27)31(35)26(4)38-41(13,14)33(8,9)10/h18-21,23-24,26,29-31,35H,15-17,22H2,1-14H3/b27-23-/t26-,29-,30-,31+,39?/m0/s1. The van der Waals surface area contributed by atoms with Crippen LogP contribution in [-0.4, -0.2) is 50.8 Å². The predicted molar refractivity (Wildman–Crippen MR) is 181 cm³/mol. The molecular weight excluding hydrogens is 563 g/mol. The third-order valence-corrected chi connectivity index (χ3v) is 21.0. The Hall–Kier alpha value is -0.776. The summed E-state index contributed by atoms with van der Waals surface area (Å²) in [5, 5.41) is 13.6. The van der Waals surface area contributed by atoms with Crippen molar-refractivity contribution in [2.45, 2.75) is 148 Å². The van der Waals surface area contributed by atoms with Crippen LogP contribution in [0.15, 0.2) is 44.5 Å². The molecule has 2 rings (SSSR count). The Morgan fingerprint density at radius 1 is 1.00 bits per heavy atom. The lowest BCUT2D eigenvalue weighted by atomic mass is 9.94. The van der Waals surface area contributed by atoms with E-state index in [-0.39, 0.29) is 34.1 Å². The summed E-state index contributed by atoms with van der Waals surface area (Å²) in [7, 11) is -6.95. The van der Waals surface area contributed by atoms with E-state index in [1.165, 1.54) is 0 Å². The smallest absolute Gasteiger partial charge is 0.192 e. The van der Waals surface area contributed by atoms with Crippen LogP contribution in [0, 0.1) is 18.8 Å². The summed E-state index contributed by atoms with van der Waals surface area (Å²) in [6.45, 7) is 31.1. The SMILES string of the molecule is Cc1ccc(S(=O)(/C=C2/CCC[C@@H]2[C@H](O)[C@H](C)O[Si](C)(C)C(C)(C)C)=N[C@@H](CO[Si](C)(C)C(C)(C)C)C(C)C)cc1. The van der Waals surface area contributed by atoms with E-state index in [1.807, 2.05) is 43.5 Å². The van der Waals surface area contributed by atoms with Gasteiger partial charge in [-0.3, -0.25) is 0 Å². The number of nitrogens with zero attached hydrogens (tertiary/aromatic N) is 1. The van der Waals surface area contributed by atoms with E-state index < -0.39 is 32.5 Å². The molecule has 0 heterocycles. The second-order valence-corrected chi connectivity index (χ2v) is 27.3. The summed E-state index contributed by atoms with van der Waals surface area (Å²) < 4.78 is 33.3. The van der Waals surface area contributed by atoms with Crippen LogP contribution in [0.3, 0.4) is 0 Å². The number of aliphatic hydroxyl groups is 1. The molecule has 0 spiro atoms. The van der Waals surface area contributed by atoms with Gasteiger partial charge in [0.2, 0.25) is 0 Å². The second kappa shape index (κ2) is 13.5. The number of hydrogen-bond donors (Lipinski definition) is 1. The van der Waals surface area contributed by atoms with E-state index in [9.17, 15) is 9.32 Å². The number of hydrogen-bond acceptors (Lipinski definition) is 5. The van der Waals surface area contributed by atoms with Crippen LogP contribution in [0.2, 0.25) is 36.3 Å². The van der Waals surface area contributed by atoms with Crippen LogP contribution in [0.25, 0.3) is 0 Å². The van der Waals surface area contributed by atoms with E-state index in [1.54, 1.807) is 0 Å². The van der Waals surface area contributed by atoms with E-state index in [0.29, 0.717) is 6.61 Å². The average molecular weight is 624 g/mol. The maximum atomic E-state index is 15.0. The van der Waals surface area contributed by atoms with Crippen LogP contribution in [0.1, 0.15) is 87.1 Å². The van der Waals surface area contributed by atoms with E-state index in [2.05, 4.69) is 81.6 Å². The fraction of sp³-hybridized carbons (Fsp3) is 0.758. The molecule has 0 aliphatic heterocycles. The molecule has 0 bridgehead atoms. The topological polar surface area (TPSA) is 68.1 Å². The first-order chi connectivity index (χ1) is 18.5. The summed E-state index contributed by atoms with van der Waals surface area (Å²) in [6, 6.07) is 7.72. The summed E-state index contributed by atoms with van der Waals surface area (Å²) >= 11 is 0. The van der Waals surface area contributed by atoms with Crippen LogP contribution in [-0.2, 0) is 18.6 Å². The molecule has 5 nitrogen and oxygen atoms in total. The van der Waals surface area contributed by atoms with Gasteiger partial charge in [-0.1, -0.05) is 78.7 Å². The second-order valence-electron chi connectivity index (χ2n) is 15.6. The van der Waals surface area contributed by atoms with Gasteiger partial charge in [-0.2, -0.15) is 0 Å². The van der Waals surface area contributed by atoms with Gasteiger partial charge < -0.3 is 14.0 Å². The van der Waals surface area contributed by atoms with Crippen molar-refractivity contribution < 1.29 is 18.2 Å². The number of benzene rings is 1. The molecule has 1 saturated carbocycles. The number of rotatable bonds is 11. The molecule has 236 valence electrons. The lowest BCUT2D eigenvalue weighted by molar-refractivity contribution is 0.0110. The van der Waals surface area contributed by atoms with Crippen molar-refractivity contribution in [3.05, 3.63) is 40.8 Å². The maximum Gasteiger partial charge on any atom is 0.192 e. The van der Waals surface area contributed by atoms with Gasteiger partial charge in [0, 0.05) is 11.3 Å². The van der Waals surface area contributed by atoms with Crippen molar-refractivity contribution in [2.24, 2.45) is 16.2 Å². The Balaban J connectivity index is 2.54. The number of aliphatic hydroxyl groups excluding tert-OH is 1. The fourth-order valence-corrected chi connectivity index (χ4v) is 9.32. The zero-order valence-corrected chi connectivity index (χ0v) is 31.4. The monoisotopic (exact) mass is 623 g/mol. The molecule has 1 aromatic carbocycles. The number of aryl methyl sites for hydroxylation is 1. The summed E-state index contributed by atoms with van der Waals surface area (Å²) in [5.74, 6) is 0.0876. The third-order valence-electron chi connectivity index (χ3n) is 9.79. The lowest BCUT2D eigenvalue weighted by Gasteiger charge is -2.40. The molecule has 1 aliphatic rings. The Morgan fingerprint density at radius 3 is 2.02 bits per heavy atom. The highest BCUT2D eigenvalue weighted by Gasteiger charge is 2.42. The first kappa shape index (κ1) is 36.4. The predicted octanol–water partition coefficient (Wildman–Crippen LogP) is 9.32. The van der Waals surface area contributed by atoms with Crippen molar-refractivity contribution in [1.29, 1.82) is 0 Å². The largest absolute Gasteiger partial charge is 0.415 e. The highest BCUT2D eigenvalue weighted by atomic mass is 32.2. The first-order valence-electron chi connectivity index (χ1n) is 15.5. The summed E-state index contributed by atoms with van der Waals surface area (Å²) in [4.78, 5) is 0.722. The summed E-state index contributed by atoms with van der Waals surface area (Å²) in [5.41, 5.74) is 2.17. The molecular formula is C33H61NO4SSi2. The summed E-state index contributed by atoms with van der Waals surface area (Å²) in [6.07, 6.45) is 1.70. The Bertz CT molecular complexity index is 1150. The molecule has 1 fully saturated rings. The molecule has 1 aromatic rings. The maximum absolute atomic E-state index is 15.0. The highest BCUT2D eigenvalue weighted by Crippen LogP contribution is 2.41. The van der Waals surface area contributed by atoms with E-state index in [4.69, 9.17) is 13.2 Å². The molecule has 41 heavy (non-hydrogen) atoms. The fourth-order valence-electron chi connectivity index (χ4n) is 4.63. The first-order valence-corrected chi connectivity index (χ1v) is 22.9. The quantitative estimate of drug-likeness (QED) is 0.249. The molecule has 5 atom stereocenters. The zero-order chi connectivity index (χ0) is 31.6. The average Bonchev–Trinajstić information content (AvgIpc) is 3.27. The van der Waals surface area contributed by atoms with Crippen molar-refractivity contribution in [2.75, 3.05) is 6.61 Å². The minimum atomic E-state index is -2.91. The van der Waals surface area contributed by atoms with Crippen molar-refractivity contribution in [3.8, 4) is 0 Å². The van der Waals surface area contributed by atoms with Gasteiger partial charge in [0.05, 0.1) is 39.5 Å². The minimum absolute atomic E-state index is 0.0618. The molecule has 1 N–H and O–H groups in total. The van der Waals surface area contributed by atoms with Gasteiger partial charge in [-0.05, 0) is 87.4 Å². The molecule has 0 saturated heterocycles. The minimum Gasteiger partial charge on any atom is -0.415 e. The Kier molecular flexibility index (Phi) is 12.0. The Labute approximate surface area is 255 Å². The highest BCUT2D eigenvalue weighted by molar-refractivity contribution is 7.96. The van der Waals surface area contributed by atoms with Gasteiger partial charge in [0.15, 0.2) is 16.6 Å². The Morgan fingerprint density at radius 2 is 1.54 bits per heavy atom. The van der Waals surface area contributed by atoms with Gasteiger partial charge in [-0.25, -0.2) is 8.57 Å². The molecule has 0 radical (unpaired) electrons. The molecule has 8 heteroatoms. The normalized spacial score (nSPS) is 22.0. The lowest BCUT2D eigenvalue weighted by Crippen LogP contribution is -2.47. The van der Waals surface area contributed by atoms with Crippen LogP contribution >= 0.6 is 0 Å². The van der Waals surface area contributed by atoms with Crippen LogP contribution in [0.4, 0.5) is 0 Å². The van der Waals surface area contributed by atoms with Gasteiger partial charge in [0.25, 0.3) is 0 Å². The zero-order valence-electron chi connectivity index (χ0n) is 28.6. The van der Waals surface area contributed by atoms with E-state index in [0.717, 1.165) is 35.3 Å². The van der Waals surface area contributed by atoms with Crippen molar-refractivity contribution in [1.82, 2.24) is 0 Å². The molecule has 0 aromatic heterocycles. The molecule has 1 unspecified atom stereocenters. The van der Waals surface area contributed by atoms with Crippen molar-refractivity contribution >= 4 is 26.4 Å². The van der Waals surface area contributed by atoms with Gasteiger partial charge in [-0.15, -0.1) is 0 Å². The van der Waals surface area contributed by atoms with Gasteiger partial charge >= 0.3 is 0 Å². The van der Waals surface area contributed by atoms with Gasteiger partial charge in [0.1, 0.15) is 0 Å². The van der Waals surface area contributed by atoms with Crippen molar-refractivity contribution in [3.63, 3.8) is 0 Å². The van der Waals surface area contributed by atoms with Crippen LogP contribution < -0.4 is 0 Å². The molecule has 0 amide bonds. The van der Waals surface area contributed by atoms with E-state index >= 15 is 0 Å².